The van der Waals surface area contributed by atoms with E-state index in [1.165, 1.54) is 0 Å². The maximum Gasteiger partial charge on any atom is 0.241 e. The van der Waals surface area contributed by atoms with Gasteiger partial charge in [0.1, 0.15) is 0 Å². The third kappa shape index (κ3) is 3.87. The molecule has 1 amide bonds. The van der Waals surface area contributed by atoms with E-state index in [0.29, 0.717) is 12.1 Å². The normalized spacial score (nSPS) is 11.9. The Morgan fingerprint density at radius 1 is 1.32 bits per heavy atom. The summed E-state index contributed by atoms with van der Waals surface area (Å²) in [6, 6.07) is 10.8. The molecule has 19 heavy (non-hydrogen) atoms. The Labute approximate surface area is 120 Å². The summed E-state index contributed by atoms with van der Waals surface area (Å²) in [4.78, 5) is 15.9. The van der Waals surface area contributed by atoms with E-state index in [0.717, 1.165) is 10.0 Å². The number of halogens is 1. The lowest BCUT2D eigenvalue weighted by molar-refractivity contribution is -0.117. The summed E-state index contributed by atoms with van der Waals surface area (Å²) >= 11 is 3.32. The van der Waals surface area contributed by atoms with Crippen LogP contribution in [0.25, 0.3) is 0 Å². The first-order valence-corrected chi connectivity index (χ1v) is 6.66. The van der Waals surface area contributed by atoms with Crippen LogP contribution in [0.15, 0.2) is 53.3 Å². The summed E-state index contributed by atoms with van der Waals surface area (Å²) in [5.74, 6) is -0.212. The zero-order chi connectivity index (χ0) is 13.7. The van der Waals surface area contributed by atoms with E-state index < -0.39 is 6.04 Å². The van der Waals surface area contributed by atoms with Gasteiger partial charge in [-0.05, 0) is 34.0 Å². The summed E-state index contributed by atoms with van der Waals surface area (Å²) < 4.78 is 0.732. The van der Waals surface area contributed by atoms with Crippen molar-refractivity contribution < 1.29 is 4.79 Å². The lowest BCUT2D eigenvalue weighted by Crippen LogP contribution is -2.37. The van der Waals surface area contributed by atoms with Gasteiger partial charge in [0.05, 0.1) is 16.2 Å². The number of rotatable bonds is 4. The van der Waals surface area contributed by atoms with Gasteiger partial charge in [-0.2, -0.15) is 0 Å². The molecule has 1 aromatic heterocycles. The fourth-order valence-electron chi connectivity index (χ4n) is 1.66. The molecule has 0 fully saturated rings. The van der Waals surface area contributed by atoms with E-state index in [1.807, 2.05) is 30.3 Å². The molecule has 1 aromatic carbocycles. The highest BCUT2D eigenvalue weighted by Gasteiger charge is 2.15. The molecule has 3 N–H and O–H groups in total. The van der Waals surface area contributed by atoms with Crippen molar-refractivity contribution in [1.82, 2.24) is 4.98 Å². The van der Waals surface area contributed by atoms with Gasteiger partial charge < -0.3 is 11.1 Å². The van der Waals surface area contributed by atoms with Crippen molar-refractivity contribution in [1.29, 1.82) is 0 Å². The Morgan fingerprint density at radius 3 is 2.74 bits per heavy atom. The van der Waals surface area contributed by atoms with Crippen molar-refractivity contribution in [2.75, 3.05) is 5.32 Å². The van der Waals surface area contributed by atoms with E-state index in [1.54, 1.807) is 18.5 Å². The second-order valence-corrected chi connectivity index (χ2v) is 5.00. The molecular formula is C14H14BrN3O. The highest BCUT2D eigenvalue weighted by Crippen LogP contribution is 2.20. The molecule has 0 aliphatic carbocycles. The third-order valence-electron chi connectivity index (χ3n) is 2.67. The highest BCUT2D eigenvalue weighted by atomic mass is 79.9. The lowest BCUT2D eigenvalue weighted by Gasteiger charge is -2.13. The highest BCUT2D eigenvalue weighted by molar-refractivity contribution is 9.10. The fraction of sp³-hybridized carbons (Fsp3) is 0.143. The molecule has 0 saturated carbocycles. The quantitative estimate of drug-likeness (QED) is 0.909. The largest absolute Gasteiger partial charge is 0.324 e. The van der Waals surface area contributed by atoms with Gasteiger partial charge in [-0.1, -0.05) is 30.3 Å². The molecule has 0 bridgehead atoms. The van der Waals surface area contributed by atoms with Crippen LogP contribution in [0.1, 0.15) is 5.56 Å². The standard InChI is InChI=1S/C14H14BrN3O/c15-11-9-17-7-6-13(11)18-14(19)12(16)8-10-4-2-1-3-5-10/h1-7,9,12H,8,16H2,(H,17,18,19)/t12-/m0/s1. The molecule has 0 radical (unpaired) electrons. The van der Waals surface area contributed by atoms with Crippen molar-refractivity contribution in [3.63, 3.8) is 0 Å². The lowest BCUT2D eigenvalue weighted by atomic mass is 10.1. The maximum absolute atomic E-state index is 12.0. The van der Waals surface area contributed by atoms with Crippen LogP contribution in [0.4, 0.5) is 5.69 Å². The average Bonchev–Trinajstić information content (AvgIpc) is 2.42. The van der Waals surface area contributed by atoms with Gasteiger partial charge in [0.2, 0.25) is 5.91 Å². The Kier molecular flexibility index (Phi) is 4.65. The summed E-state index contributed by atoms with van der Waals surface area (Å²) in [5, 5.41) is 2.78. The number of amides is 1. The average molecular weight is 320 g/mol. The van der Waals surface area contributed by atoms with Gasteiger partial charge in [-0.15, -0.1) is 0 Å². The Morgan fingerprint density at radius 2 is 2.05 bits per heavy atom. The number of carbonyl (C=O) groups excluding carboxylic acids is 1. The van der Waals surface area contributed by atoms with Crippen LogP contribution in [0.2, 0.25) is 0 Å². The van der Waals surface area contributed by atoms with Gasteiger partial charge in [0.15, 0.2) is 0 Å². The minimum Gasteiger partial charge on any atom is -0.324 e. The first-order chi connectivity index (χ1) is 9.16. The minimum absolute atomic E-state index is 0.212. The number of hydrogen-bond donors (Lipinski definition) is 2. The topological polar surface area (TPSA) is 68.0 Å². The third-order valence-corrected chi connectivity index (χ3v) is 3.30. The first-order valence-electron chi connectivity index (χ1n) is 5.86. The van der Waals surface area contributed by atoms with E-state index in [2.05, 4.69) is 26.2 Å². The molecule has 98 valence electrons. The van der Waals surface area contributed by atoms with E-state index in [-0.39, 0.29) is 5.91 Å². The predicted octanol–water partition coefficient (Wildman–Crippen LogP) is 2.35. The number of aromatic nitrogens is 1. The van der Waals surface area contributed by atoms with E-state index in [4.69, 9.17) is 5.73 Å². The van der Waals surface area contributed by atoms with Gasteiger partial charge >= 0.3 is 0 Å². The van der Waals surface area contributed by atoms with Crippen LogP contribution >= 0.6 is 15.9 Å². The first kappa shape index (κ1) is 13.7. The molecular weight excluding hydrogens is 306 g/mol. The molecule has 1 heterocycles. The minimum atomic E-state index is -0.581. The van der Waals surface area contributed by atoms with Crippen LogP contribution in [-0.2, 0) is 11.2 Å². The summed E-state index contributed by atoms with van der Waals surface area (Å²) in [6.45, 7) is 0. The van der Waals surface area contributed by atoms with E-state index in [9.17, 15) is 4.79 Å². The molecule has 2 rings (SSSR count). The maximum atomic E-state index is 12.0. The number of carbonyl (C=O) groups is 1. The summed E-state index contributed by atoms with van der Waals surface area (Å²) in [6.07, 6.45) is 3.75. The van der Waals surface area contributed by atoms with Gasteiger partial charge in [-0.25, -0.2) is 0 Å². The van der Waals surface area contributed by atoms with Crippen molar-refractivity contribution in [2.45, 2.75) is 12.5 Å². The van der Waals surface area contributed by atoms with Crippen LogP contribution in [0.3, 0.4) is 0 Å². The summed E-state index contributed by atoms with van der Waals surface area (Å²) in [5.41, 5.74) is 7.61. The molecule has 2 aromatic rings. The van der Waals surface area contributed by atoms with Crippen molar-refractivity contribution >= 4 is 27.5 Å². The zero-order valence-electron chi connectivity index (χ0n) is 10.2. The van der Waals surface area contributed by atoms with Gasteiger partial charge in [0.25, 0.3) is 0 Å². The molecule has 0 aliphatic rings. The zero-order valence-corrected chi connectivity index (χ0v) is 11.8. The molecule has 0 unspecified atom stereocenters. The Bertz CT molecular complexity index is 560. The second-order valence-electron chi connectivity index (χ2n) is 4.14. The van der Waals surface area contributed by atoms with Crippen molar-refractivity contribution in [2.24, 2.45) is 5.73 Å². The Hall–Kier alpha value is -1.72. The monoisotopic (exact) mass is 319 g/mol. The molecule has 5 heteroatoms. The smallest absolute Gasteiger partial charge is 0.241 e. The van der Waals surface area contributed by atoms with Gasteiger partial charge in [-0.3, -0.25) is 9.78 Å². The Balaban J connectivity index is 1.99. The van der Waals surface area contributed by atoms with Crippen LogP contribution in [0.5, 0.6) is 0 Å². The van der Waals surface area contributed by atoms with E-state index >= 15 is 0 Å². The predicted molar refractivity (Wildman–Crippen MR) is 78.7 cm³/mol. The van der Waals surface area contributed by atoms with Crippen LogP contribution < -0.4 is 11.1 Å². The molecule has 0 spiro atoms. The molecule has 4 nitrogen and oxygen atoms in total. The molecule has 0 saturated heterocycles. The fourth-order valence-corrected chi connectivity index (χ4v) is 2.01. The summed E-state index contributed by atoms with van der Waals surface area (Å²) in [7, 11) is 0. The number of nitrogens with one attached hydrogen (secondary N) is 1. The number of nitrogens with zero attached hydrogens (tertiary/aromatic N) is 1. The van der Waals surface area contributed by atoms with Crippen LogP contribution in [-0.4, -0.2) is 16.9 Å². The number of hydrogen-bond acceptors (Lipinski definition) is 3. The SMILES string of the molecule is N[C@@H](Cc1ccccc1)C(=O)Nc1ccncc1Br. The number of nitrogens with two attached hydrogens (primary N) is 1. The molecule has 1 atom stereocenters. The van der Waals surface area contributed by atoms with Crippen molar-refractivity contribution in [3.05, 3.63) is 58.8 Å². The second kappa shape index (κ2) is 6.45. The number of benzene rings is 1. The van der Waals surface area contributed by atoms with Gasteiger partial charge in [0, 0.05) is 12.4 Å². The van der Waals surface area contributed by atoms with Crippen molar-refractivity contribution in [3.8, 4) is 0 Å². The number of anilines is 1. The van der Waals surface area contributed by atoms with Crippen LogP contribution in [0, 0.1) is 0 Å². The number of pyridine rings is 1. The molecule has 0 aliphatic heterocycles.